The summed E-state index contributed by atoms with van der Waals surface area (Å²) in [5.41, 5.74) is 9.43. The summed E-state index contributed by atoms with van der Waals surface area (Å²) in [5, 5.41) is 17.5. The Labute approximate surface area is 337 Å². The van der Waals surface area contributed by atoms with E-state index in [1.807, 2.05) is 11.3 Å². The molecule has 0 saturated carbocycles. The fourth-order valence-corrected chi connectivity index (χ4v) is 11.2. The molecule has 0 atom stereocenters. The van der Waals surface area contributed by atoms with E-state index in [0.717, 1.165) is 11.2 Å². The van der Waals surface area contributed by atoms with E-state index in [9.17, 15) is 0 Å². The van der Waals surface area contributed by atoms with Crippen LogP contribution in [0.25, 0.3) is 129 Å². The Morgan fingerprint density at radius 2 is 0.810 bits per heavy atom. The molecular weight excluding hydrogens is 721 g/mol. The summed E-state index contributed by atoms with van der Waals surface area (Å²) in [6, 6.07) is 71.5. The van der Waals surface area contributed by atoms with E-state index in [0.29, 0.717) is 0 Å². The van der Waals surface area contributed by atoms with Gasteiger partial charge in [-0.15, -0.1) is 11.3 Å². The van der Waals surface area contributed by atoms with Crippen molar-refractivity contribution in [3.8, 4) is 33.4 Å². The molecule has 0 aliphatic carbocycles. The second-order valence-electron chi connectivity index (χ2n) is 15.5. The molecule has 0 aliphatic heterocycles. The zero-order chi connectivity index (χ0) is 37.9. The lowest BCUT2D eigenvalue weighted by molar-refractivity contribution is 0.669. The van der Waals surface area contributed by atoms with Crippen LogP contribution in [0.1, 0.15) is 0 Å². The van der Waals surface area contributed by atoms with Crippen LogP contribution in [0, 0.1) is 0 Å². The van der Waals surface area contributed by atoms with Crippen molar-refractivity contribution in [1.29, 1.82) is 0 Å². The van der Waals surface area contributed by atoms with Crippen LogP contribution in [-0.2, 0) is 0 Å². The molecule has 0 spiro atoms. The summed E-state index contributed by atoms with van der Waals surface area (Å²) in [5.74, 6) is 0. The van der Waals surface area contributed by atoms with E-state index in [-0.39, 0.29) is 0 Å². The molecule has 0 bridgehead atoms. The minimum Gasteiger partial charge on any atom is -0.456 e. The zero-order valence-electron chi connectivity index (χ0n) is 31.3. The summed E-state index contributed by atoms with van der Waals surface area (Å²) in [6.45, 7) is 0. The average molecular weight is 753 g/mol. The van der Waals surface area contributed by atoms with Gasteiger partial charge in [-0.2, -0.15) is 0 Å². The number of benzene rings is 11. The van der Waals surface area contributed by atoms with E-state index in [1.165, 1.54) is 118 Å². The molecule has 11 aromatic carbocycles. The number of hydrogen-bond acceptors (Lipinski definition) is 2. The summed E-state index contributed by atoms with van der Waals surface area (Å²) in [6.07, 6.45) is 0. The molecule has 0 N–H and O–H groups in total. The standard InChI is InChI=1S/C56H32OS/c1-3-15-36-33(12-1)14-11-23-42(36)52-43-19-7-9-21-45(43)53(46-22-10-8-20-44(46)52)47-28-27-37(39-17-5-6-18-40(39)47)35-24-26-41-48-29-31-50-55(56(48)58-51(41)32-35)54-38-16-4-2-13-34(38)25-30-49(54)57-50/h1-32H. The van der Waals surface area contributed by atoms with Crippen LogP contribution in [0.4, 0.5) is 0 Å². The van der Waals surface area contributed by atoms with Crippen LogP contribution in [0.3, 0.4) is 0 Å². The number of fused-ring (bicyclic) bond motifs is 13. The first-order valence-corrected chi connectivity index (χ1v) is 20.7. The van der Waals surface area contributed by atoms with Gasteiger partial charge in [0.2, 0.25) is 0 Å². The third kappa shape index (κ3) is 4.46. The summed E-state index contributed by atoms with van der Waals surface area (Å²) in [7, 11) is 0. The smallest absolute Gasteiger partial charge is 0.136 e. The third-order valence-corrected chi connectivity index (χ3v) is 13.6. The minimum atomic E-state index is 0.940. The predicted molar refractivity (Wildman–Crippen MR) is 250 cm³/mol. The average Bonchev–Trinajstić information content (AvgIpc) is 3.86. The second-order valence-corrected chi connectivity index (χ2v) is 16.5. The van der Waals surface area contributed by atoms with Gasteiger partial charge in [-0.25, -0.2) is 0 Å². The lowest BCUT2D eigenvalue weighted by Crippen LogP contribution is -1.93. The van der Waals surface area contributed by atoms with Crippen LogP contribution >= 0.6 is 11.3 Å². The van der Waals surface area contributed by atoms with Gasteiger partial charge in [-0.05, 0) is 112 Å². The number of hydrogen-bond donors (Lipinski definition) is 0. The highest BCUT2D eigenvalue weighted by Crippen LogP contribution is 2.49. The Kier molecular flexibility index (Phi) is 6.66. The SMILES string of the molecule is c1ccc2c(-c3c4ccccc4c(-c4ccc(-c5ccc6c(c5)sc5c6ccc6oc7ccc8ccccc8c7c65)c5ccccc45)c4ccccc34)cccc2c1. The molecule has 0 unspecified atom stereocenters. The first-order chi connectivity index (χ1) is 28.8. The van der Waals surface area contributed by atoms with Crippen LogP contribution < -0.4 is 0 Å². The van der Waals surface area contributed by atoms with Gasteiger partial charge >= 0.3 is 0 Å². The molecule has 0 saturated heterocycles. The number of rotatable bonds is 3. The second kappa shape index (κ2) is 12.1. The highest BCUT2D eigenvalue weighted by molar-refractivity contribution is 7.26. The van der Waals surface area contributed by atoms with Crippen molar-refractivity contribution < 1.29 is 4.42 Å². The summed E-state index contributed by atoms with van der Waals surface area (Å²) >= 11 is 1.88. The Hall–Kier alpha value is -7.26. The van der Waals surface area contributed by atoms with Gasteiger partial charge in [-0.1, -0.05) is 170 Å². The summed E-state index contributed by atoms with van der Waals surface area (Å²) < 4.78 is 9.02. The Morgan fingerprint density at radius 3 is 1.52 bits per heavy atom. The molecule has 58 heavy (non-hydrogen) atoms. The number of furan rings is 1. The molecule has 1 nitrogen and oxygen atoms in total. The van der Waals surface area contributed by atoms with E-state index in [1.54, 1.807) is 0 Å². The van der Waals surface area contributed by atoms with Crippen molar-refractivity contribution in [2.24, 2.45) is 0 Å². The van der Waals surface area contributed by atoms with Crippen molar-refractivity contribution >= 4 is 107 Å². The van der Waals surface area contributed by atoms with Gasteiger partial charge in [0.15, 0.2) is 0 Å². The maximum Gasteiger partial charge on any atom is 0.136 e. The fraction of sp³-hybridized carbons (Fsp3) is 0. The third-order valence-electron chi connectivity index (χ3n) is 12.5. The van der Waals surface area contributed by atoms with Gasteiger partial charge in [0.1, 0.15) is 11.2 Å². The quantitative estimate of drug-likeness (QED) is 0.164. The highest BCUT2D eigenvalue weighted by Gasteiger charge is 2.21. The Balaban J connectivity index is 1.03. The normalized spacial score (nSPS) is 12.1. The first kappa shape index (κ1) is 31.9. The van der Waals surface area contributed by atoms with Crippen molar-refractivity contribution in [1.82, 2.24) is 0 Å². The molecule has 268 valence electrons. The predicted octanol–water partition coefficient (Wildman–Crippen LogP) is 16.7. The molecule has 0 aliphatic rings. The van der Waals surface area contributed by atoms with Crippen molar-refractivity contribution in [3.63, 3.8) is 0 Å². The largest absolute Gasteiger partial charge is 0.456 e. The van der Waals surface area contributed by atoms with Gasteiger partial charge in [0.25, 0.3) is 0 Å². The van der Waals surface area contributed by atoms with Crippen molar-refractivity contribution in [3.05, 3.63) is 194 Å². The van der Waals surface area contributed by atoms with Gasteiger partial charge < -0.3 is 4.42 Å². The lowest BCUT2D eigenvalue weighted by Gasteiger charge is -2.20. The van der Waals surface area contributed by atoms with Crippen molar-refractivity contribution in [2.75, 3.05) is 0 Å². The van der Waals surface area contributed by atoms with E-state index >= 15 is 0 Å². The van der Waals surface area contributed by atoms with Gasteiger partial charge in [0, 0.05) is 30.9 Å². The molecule has 13 rings (SSSR count). The highest BCUT2D eigenvalue weighted by atomic mass is 32.1. The molecule has 0 radical (unpaired) electrons. The Morgan fingerprint density at radius 1 is 0.310 bits per heavy atom. The Bertz CT molecular complexity index is 3800. The van der Waals surface area contributed by atoms with Gasteiger partial charge in [0.05, 0.1) is 0 Å². The van der Waals surface area contributed by atoms with Gasteiger partial charge in [-0.3, -0.25) is 0 Å². The fourth-order valence-electron chi connectivity index (χ4n) is 9.95. The molecular formula is C56H32OS. The van der Waals surface area contributed by atoms with Crippen LogP contribution in [0.5, 0.6) is 0 Å². The van der Waals surface area contributed by atoms with E-state index in [2.05, 4.69) is 194 Å². The zero-order valence-corrected chi connectivity index (χ0v) is 32.1. The molecule has 13 aromatic rings. The molecule has 0 fully saturated rings. The topological polar surface area (TPSA) is 13.1 Å². The van der Waals surface area contributed by atoms with Crippen molar-refractivity contribution in [2.45, 2.75) is 0 Å². The van der Waals surface area contributed by atoms with E-state index < -0.39 is 0 Å². The molecule has 2 aromatic heterocycles. The lowest BCUT2D eigenvalue weighted by atomic mass is 9.83. The van der Waals surface area contributed by atoms with Crippen LogP contribution in [0.2, 0.25) is 0 Å². The number of thiophene rings is 1. The maximum atomic E-state index is 6.46. The maximum absolute atomic E-state index is 6.46. The molecule has 2 heterocycles. The summed E-state index contributed by atoms with van der Waals surface area (Å²) in [4.78, 5) is 0. The minimum absolute atomic E-state index is 0.940. The van der Waals surface area contributed by atoms with Crippen LogP contribution in [-0.4, -0.2) is 0 Å². The first-order valence-electron chi connectivity index (χ1n) is 19.9. The monoisotopic (exact) mass is 752 g/mol. The molecule has 0 amide bonds. The molecule has 2 heteroatoms. The van der Waals surface area contributed by atoms with E-state index in [4.69, 9.17) is 4.42 Å². The van der Waals surface area contributed by atoms with Crippen LogP contribution in [0.15, 0.2) is 199 Å².